The second kappa shape index (κ2) is 6.59. The smallest absolute Gasteiger partial charge is 0.253 e. The van der Waals surface area contributed by atoms with Crippen LogP contribution in [0.2, 0.25) is 0 Å². The average molecular weight is 340 g/mol. The zero-order valence-electron chi connectivity index (χ0n) is 14.0. The Bertz CT molecular complexity index is 700. The highest BCUT2D eigenvalue weighted by Crippen LogP contribution is 2.22. The lowest BCUT2D eigenvalue weighted by molar-refractivity contribution is 0.0764. The third kappa shape index (κ3) is 3.91. The fourth-order valence-electron chi connectivity index (χ4n) is 2.66. The summed E-state index contributed by atoms with van der Waals surface area (Å²) in [6.07, 6.45) is -0.819. The SMILES string of the molecule is Cc1ccc(C(=O)N2C[C@@H](CS(=O)(=O)N(C)C)[C@H](O)C2)cc1C. The Balaban J connectivity index is 2.11. The molecule has 1 amide bonds. The molecule has 7 heteroatoms. The predicted molar refractivity (Wildman–Crippen MR) is 88.8 cm³/mol. The molecule has 6 nitrogen and oxygen atoms in total. The van der Waals surface area contributed by atoms with E-state index in [1.165, 1.54) is 19.0 Å². The predicted octanol–water partition coefficient (Wildman–Crippen LogP) is 0.628. The molecule has 1 aromatic rings. The van der Waals surface area contributed by atoms with Crippen molar-refractivity contribution >= 4 is 15.9 Å². The van der Waals surface area contributed by atoms with Gasteiger partial charge < -0.3 is 10.0 Å². The van der Waals surface area contributed by atoms with E-state index in [0.717, 1.165) is 15.4 Å². The van der Waals surface area contributed by atoms with E-state index in [2.05, 4.69) is 0 Å². The van der Waals surface area contributed by atoms with Crippen molar-refractivity contribution in [3.8, 4) is 0 Å². The molecule has 0 radical (unpaired) electrons. The maximum atomic E-state index is 12.6. The minimum absolute atomic E-state index is 0.155. The van der Waals surface area contributed by atoms with Gasteiger partial charge in [0.15, 0.2) is 0 Å². The summed E-state index contributed by atoms with van der Waals surface area (Å²) in [6.45, 7) is 4.34. The molecule has 1 aromatic carbocycles. The molecule has 23 heavy (non-hydrogen) atoms. The van der Waals surface area contributed by atoms with Crippen LogP contribution in [0.4, 0.5) is 0 Å². The molecular formula is C16H24N2O4S. The normalized spacial score (nSPS) is 21.9. The Kier molecular flexibility index (Phi) is 5.13. The Morgan fingerprint density at radius 1 is 1.26 bits per heavy atom. The highest BCUT2D eigenvalue weighted by molar-refractivity contribution is 7.89. The molecule has 0 unspecified atom stereocenters. The number of hydrogen-bond donors (Lipinski definition) is 1. The van der Waals surface area contributed by atoms with Crippen LogP contribution >= 0.6 is 0 Å². The lowest BCUT2D eigenvalue weighted by Crippen LogP contribution is -2.33. The summed E-state index contributed by atoms with van der Waals surface area (Å²) in [5.74, 6) is -0.785. The van der Waals surface area contributed by atoms with Gasteiger partial charge in [-0.1, -0.05) is 6.07 Å². The fourth-order valence-corrected chi connectivity index (χ4v) is 3.83. The summed E-state index contributed by atoms with van der Waals surface area (Å²) in [5, 5.41) is 10.1. The van der Waals surface area contributed by atoms with Gasteiger partial charge in [0, 0.05) is 38.7 Å². The number of carbonyl (C=O) groups excluding carboxylic acids is 1. The molecular weight excluding hydrogens is 316 g/mol. The van der Waals surface area contributed by atoms with Crippen LogP contribution in [0, 0.1) is 19.8 Å². The second-order valence-corrected chi connectivity index (χ2v) is 8.63. The number of likely N-dealkylation sites (tertiary alicyclic amines) is 1. The zero-order chi connectivity index (χ0) is 17.4. The molecule has 0 saturated carbocycles. The van der Waals surface area contributed by atoms with Crippen LogP contribution in [0.1, 0.15) is 21.5 Å². The Labute approximate surface area is 137 Å². The van der Waals surface area contributed by atoms with Crippen LogP contribution in [0.25, 0.3) is 0 Å². The van der Waals surface area contributed by atoms with Gasteiger partial charge in [0.25, 0.3) is 5.91 Å². The minimum atomic E-state index is -3.41. The van der Waals surface area contributed by atoms with E-state index in [9.17, 15) is 18.3 Å². The number of amides is 1. The average Bonchev–Trinajstić information content (AvgIpc) is 2.81. The Hall–Kier alpha value is -1.44. The molecule has 2 atom stereocenters. The van der Waals surface area contributed by atoms with Gasteiger partial charge in [0.2, 0.25) is 10.0 Å². The third-order valence-corrected chi connectivity index (χ3v) is 6.39. The number of carbonyl (C=O) groups is 1. The summed E-state index contributed by atoms with van der Waals surface area (Å²) < 4.78 is 25.1. The minimum Gasteiger partial charge on any atom is -0.391 e. The summed E-state index contributed by atoms with van der Waals surface area (Å²) in [7, 11) is -0.471. The van der Waals surface area contributed by atoms with Gasteiger partial charge in [0.05, 0.1) is 11.9 Å². The first-order chi connectivity index (χ1) is 10.6. The highest BCUT2D eigenvalue weighted by atomic mass is 32.2. The highest BCUT2D eigenvalue weighted by Gasteiger charge is 2.37. The van der Waals surface area contributed by atoms with Gasteiger partial charge in [-0.25, -0.2) is 12.7 Å². The lowest BCUT2D eigenvalue weighted by atomic mass is 10.1. The molecule has 1 N–H and O–H groups in total. The first-order valence-corrected chi connectivity index (χ1v) is 9.17. The van der Waals surface area contributed by atoms with Crippen LogP contribution in [0.15, 0.2) is 18.2 Å². The third-order valence-electron chi connectivity index (χ3n) is 4.43. The number of nitrogens with zero attached hydrogens (tertiary/aromatic N) is 2. The van der Waals surface area contributed by atoms with Crippen LogP contribution in [-0.2, 0) is 10.0 Å². The van der Waals surface area contributed by atoms with Crippen molar-refractivity contribution in [2.45, 2.75) is 20.0 Å². The van der Waals surface area contributed by atoms with Crippen molar-refractivity contribution in [2.75, 3.05) is 32.9 Å². The molecule has 1 fully saturated rings. The van der Waals surface area contributed by atoms with Crippen LogP contribution in [0.3, 0.4) is 0 Å². The number of hydrogen-bond acceptors (Lipinski definition) is 4. The summed E-state index contributed by atoms with van der Waals surface area (Å²) in [4.78, 5) is 14.1. The summed E-state index contributed by atoms with van der Waals surface area (Å²) >= 11 is 0. The van der Waals surface area contributed by atoms with Crippen molar-refractivity contribution in [3.63, 3.8) is 0 Å². The number of benzene rings is 1. The number of sulfonamides is 1. The van der Waals surface area contributed by atoms with E-state index in [0.29, 0.717) is 5.56 Å². The molecule has 128 valence electrons. The van der Waals surface area contributed by atoms with Crippen LogP contribution in [-0.4, -0.2) is 67.7 Å². The van der Waals surface area contributed by atoms with Crippen molar-refractivity contribution in [2.24, 2.45) is 5.92 Å². The topological polar surface area (TPSA) is 77.9 Å². The van der Waals surface area contributed by atoms with Gasteiger partial charge in [-0.2, -0.15) is 0 Å². The van der Waals surface area contributed by atoms with Crippen LogP contribution < -0.4 is 0 Å². The van der Waals surface area contributed by atoms with Gasteiger partial charge in [-0.15, -0.1) is 0 Å². The number of β-amino-alcohol motifs (C(OH)–C–C–N with tert-alkyl or cyclic N) is 1. The largest absolute Gasteiger partial charge is 0.391 e. The molecule has 1 saturated heterocycles. The van der Waals surface area contributed by atoms with Crippen molar-refractivity contribution in [1.82, 2.24) is 9.21 Å². The van der Waals surface area contributed by atoms with Gasteiger partial charge >= 0.3 is 0 Å². The Morgan fingerprint density at radius 3 is 2.48 bits per heavy atom. The second-order valence-electron chi connectivity index (χ2n) is 6.40. The van der Waals surface area contributed by atoms with Crippen molar-refractivity contribution < 1.29 is 18.3 Å². The molecule has 1 aliphatic heterocycles. The molecule has 0 spiro atoms. The summed E-state index contributed by atoms with van der Waals surface area (Å²) in [6, 6.07) is 5.48. The maximum Gasteiger partial charge on any atom is 0.253 e. The van der Waals surface area contributed by atoms with E-state index in [1.54, 1.807) is 6.07 Å². The van der Waals surface area contributed by atoms with E-state index < -0.39 is 22.0 Å². The first-order valence-electron chi connectivity index (χ1n) is 7.56. The van der Waals surface area contributed by atoms with E-state index in [4.69, 9.17) is 0 Å². The molecule has 1 heterocycles. The molecule has 0 bridgehead atoms. The first kappa shape index (κ1) is 17.9. The van der Waals surface area contributed by atoms with E-state index >= 15 is 0 Å². The van der Waals surface area contributed by atoms with Gasteiger partial charge in [0.1, 0.15) is 0 Å². The number of aryl methyl sites for hydroxylation is 2. The van der Waals surface area contributed by atoms with Crippen LogP contribution in [0.5, 0.6) is 0 Å². The van der Waals surface area contributed by atoms with Gasteiger partial charge in [-0.3, -0.25) is 4.79 Å². The van der Waals surface area contributed by atoms with E-state index in [-0.39, 0.29) is 24.7 Å². The number of rotatable bonds is 4. The Morgan fingerprint density at radius 2 is 1.91 bits per heavy atom. The van der Waals surface area contributed by atoms with E-state index in [1.807, 2.05) is 26.0 Å². The quantitative estimate of drug-likeness (QED) is 0.872. The zero-order valence-corrected chi connectivity index (χ0v) is 14.8. The van der Waals surface area contributed by atoms with Gasteiger partial charge in [-0.05, 0) is 37.1 Å². The molecule has 2 rings (SSSR count). The molecule has 0 aromatic heterocycles. The fraction of sp³-hybridized carbons (Fsp3) is 0.562. The number of aliphatic hydroxyl groups excluding tert-OH is 1. The van der Waals surface area contributed by atoms with Crippen molar-refractivity contribution in [1.29, 1.82) is 0 Å². The summed E-state index contributed by atoms with van der Waals surface area (Å²) in [5.41, 5.74) is 2.71. The standard InChI is InChI=1S/C16H24N2O4S/c1-11-5-6-13(7-12(11)2)16(20)18-8-14(15(19)9-18)10-23(21,22)17(3)4/h5-7,14-15,19H,8-10H2,1-4H3/t14-,15+/m0/s1. The molecule has 0 aliphatic carbocycles. The van der Waals surface area contributed by atoms with Crippen molar-refractivity contribution in [3.05, 3.63) is 34.9 Å². The monoisotopic (exact) mass is 340 g/mol. The number of aliphatic hydroxyl groups is 1. The maximum absolute atomic E-state index is 12.6. The lowest BCUT2D eigenvalue weighted by Gasteiger charge is -2.18. The molecule has 1 aliphatic rings.